The van der Waals surface area contributed by atoms with Crippen molar-refractivity contribution in [1.82, 2.24) is 18.9 Å². The maximum atomic E-state index is 12.1. The van der Waals surface area contributed by atoms with Gasteiger partial charge in [-0.15, -0.1) is 0 Å². The number of rotatable bonds is 4. The van der Waals surface area contributed by atoms with E-state index in [1.54, 1.807) is 42.3 Å². The van der Waals surface area contributed by atoms with Crippen molar-refractivity contribution in [1.29, 1.82) is 0 Å². The Balaban J connectivity index is 1.78. The zero-order valence-electron chi connectivity index (χ0n) is 14.3. The molecule has 3 aromatic rings. The van der Waals surface area contributed by atoms with Crippen LogP contribution in [-0.2, 0) is 18.9 Å². The highest BCUT2D eigenvalue weighted by atomic mass is 16.2. The first kappa shape index (κ1) is 17.2. The van der Waals surface area contributed by atoms with Gasteiger partial charge in [-0.2, -0.15) is 5.10 Å². The van der Waals surface area contributed by atoms with Gasteiger partial charge < -0.3 is 9.88 Å². The SMILES string of the molecule is Cn1cc(/C=C\C(=O)Nc2cccc(-n3cccn3)c2)c(=O)n(C)c1=O. The van der Waals surface area contributed by atoms with Gasteiger partial charge in [-0.3, -0.25) is 14.2 Å². The fourth-order valence-electron chi connectivity index (χ4n) is 2.45. The molecule has 8 heteroatoms. The lowest BCUT2D eigenvalue weighted by atomic mass is 10.2. The first-order chi connectivity index (χ1) is 12.5. The Bertz CT molecular complexity index is 1090. The van der Waals surface area contributed by atoms with Crippen LogP contribution >= 0.6 is 0 Å². The molecule has 1 N–H and O–H groups in total. The molecule has 0 saturated carbocycles. The van der Waals surface area contributed by atoms with E-state index in [0.717, 1.165) is 10.3 Å². The Morgan fingerprint density at radius 2 is 2.00 bits per heavy atom. The van der Waals surface area contributed by atoms with Crippen LogP contribution in [0.4, 0.5) is 5.69 Å². The number of amides is 1. The second kappa shape index (κ2) is 7.06. The van der Waals surface area contributed by atoms with Gasteiger partial charge in [-0.1, -0.05) is 6.07 Å². The summed E-state index contributed by atoms with van der Waals surface area (Å²) in [6, 6.07) is 9.02. The van der Waals surface area contributed by atoms with E-state index >= 15 is 0 Å². The number of carbonyl (C=O) groups excluding carboxylic acids is 1. The van der Waals surface area contributed by atoms with Crippen LogP contribution in [0.2, 0.25) is 0 Å². The summed E-state index contributed by atoms with van der Waals surface area (Å²) in [5.74, 6) is -0.390. The van der Waals surface area contributed by atoms with Crippen LogP contribution in [0.15, 0.2) is 64.6 Å². The second-order valence-corrected chi connectivity index (χ2v) is 5.67. The van der Waals surface area contributed by atoms with E-state index < -0.39 is 17.2 Å². The third-order valence-electron chi connectivity index (χ3n) is 3.77. The summed E-state index contributed by atoms with van der Waals surface area (Å²) in [5.41, 5.74) is 0.768. The van der Waals surface area contributed by atoms with E-state index in [1.165, 1.54) is 30.0 Å². The van der Waals surface area contributed by atoms with Crippen molar-refractivity contribution in [2.45, 2.75) is 0 Å². The Kier molecular flexibility index (Phi) is 4.66. The molecule has 0 unspecified atom stereocenters. The highest BCUT2D eigenvalue weighted by molar-refractivity contribution is 6.02. The third-order valence-corrected chi connectivity index (χ3v) is 3.77. The van der Waals surface area contributed by atoms with Crippen LogP contribution in [0.5, 0.6) is 0 Å². The third kappa shape index (κ3) is 3.54. The first-order valence-electron chi connectivity index (χ1n) is 7.81. The summed E-state index contributed by atoms with van der Waals surface area (Å²) >= 11 is 0. The predicted molar refractivity (Wildman–Crippen MR) is 98.2 cm³/mol. The highest BCUT2D eigenvalue weighted by Gasteiger charge is 2.05. The lowest BCUT2D eigenvalue weighted by Gasteiger charge is -2.06. The standard InChI is InChI=1S/C18H17N5O3/c1-21-12-13(17(25)22(2)18(21)26)7-8-16(24)20-14-5-3-6-15(11-14)23-10-4-9-19-23/h3-12H,1-2H3,(H,20,24)/b8-7-. The average molecular weight is 351 g/mol. The van der Waals surface area contributed by atoms with Crippen molar-refractivity contribution in [3.63, 3.8) is 0 Å². The lowest BCUT2D eigenvalue weighted by Crippen LogP contribution is -2.37. The first-order valence-corrected chi connectivity index (χ1v) is 7.81. The van der Waals surface area contributed by atoms with E-state index in [-0.39, 0.29) is 5.56 Å². The minimum atomic E-state index is -0.460. The van der Waals surface area contributed by atoms with Crippen LogP contribution in [0.1, 0.15) is 5.56 Å². The summed E-state index contributed by atoms with van der Waals surface area (Å²) in [6.45, 7) is 0. The molecule has 8 nitrogen and oxygen atoms in total. The largest absolute Gasteiger partial charge is 0.330 e. The second-order valence-electron chi connectivity index (χ2n) is 5.67. The minimum Gasteiger partial charge on any atom is -0.322 e. The summed E-state index contributed by atoms with van der Waals surface area (Å²) in [5, 5.41) is 6.87. The van der Waals surface area contributed by atoms with Gasteiger partial charge >= 0.3 is 5.69 Å². The molecule has 3 rings (SSSR count). The van der Waals surface area contributed by atoms with Crippen LogP contribution in [0, 0.1) is 0 Å². The summed E-state index contributed by atoms with van der Waals surface area (Å²) < 4.78 is 3.96. The predicted octanol–water partition coefficient (Wildman–Crippen LogP) is 0.922. The molecule has 2 aromatic heterocycles. The van der Waals surface area contributed by atoms with Crippen LogP contribution in [-0.4, -0.2) is 24.8 Å². The monoisotopic (exact) mass is 351 g/mol. The van der Waals surface area contributed by atoms with Gasteiger partial charge in [-0.05, 0) is 30.3 Å². The zero-order valence-corrected chi connectivity index (χ0v) is 14.3. The number of aromatic nitrogens is 4. The molecule has 0 aliphatic heterocycles. The number of nitrogens with one attached hydrogen (secondary N) is 1. The van der Waals surface area contributed by atoms with Gasteiger partial charge in [0.25, 0.3) is 5.56 Å². The number of nitrogens with zero attached hydrogens (tertiary/aromatic N) is 4. The average Bonchev–Trinajstić information content (AvgIpc) is 3.17. The number of carbonyl (C=O) groups is 1. The van der Waals surface area contributed by atoms with Gasteiger partial charge in [0.2, 0.25) is 5.91 Å². The molecule has 0 bridgehead atoms. The number of anilines is 1. The molecule has 1 amide bonds. The Morgan fingerprint density at radius 3 is 2.73 bits per heavy atom. The Labute approximate surface area is 148 Å². The normalized spacial score (nSPS) is 11.0. The van der Waals surface area contributed by atoms with Crippen LogP contribution < -0.4 is 16.6 Å². The van der Waals surface area contributed by atoms with E-state index in [2.05, 4.69) is 10.4 Å². The van der Waals surface area contributed by atoms with Crippen LogP contribution in [0.25, 0.3) is 11.8 Å². The molecular weight excluding hydrogens is 334 g/mol. The number of aryl methyl sites for hydroxylation is 1. The van der Waals surface area contributed by atoms with Gasteiger partial charge in [0, 0.05) is 44.4 Å². The zero-order chi connectivity index (χ0) is 18.7. The van der Waals surface area contributed by atoms with Crippen molar-refractivity contribution in [3.05, 3.63) is 81.4 Å². The molecule has 26 heavy (non-hydrogen) atoms. The molecule has 0 aliphatic rings. The molecule has 0 saturated heterocycles. The maximum absolute atomic E-state index is 12.1. The fourth-order valence-corrected chi connectivity index (χ4v) is 2.45. The number of hydrogen-bond donors (Lipinski definition) is 1. The van der Waals surface area contributed by atoms with Crippen molar-refractivity contribution in [2.24, 2.45) is 14.1 Å². The minimum absolute atomic E-state index is 0.245. The molecule has 0 atom stereocenters. The van der Waals surface area contributed by atoms with Crippen molar-refractivity contribution < 1.29 is 4.79 Å². The quantitative estimate of drug-likeness (QED) is 0.708. The van der Waals surface area contributed by atoms with E-state index in [0.29, 0.717) is 5.69 Å². The molecule has 132 valence electrons. The summed E-state index contributed by atoms with van der Waals surface area (Å²) in [7, 11) is 2.93. The topological polar surface area (TPSA) is 90.9 Å². The molecule has 0 aliphatic carbocycles. The molecule has 0 spiro atoms. The Hall–Kier alpha value is -3.68. The number of hydrogen-bond acceptors (Lipinski definition) is 4. The van der Waals surface area contributed by atoms with E-state index in [4.69, 9.17) is 0 Å². The van der Waals surface area contributed by atoms with Gasteiger partial charge in [0.1, 0.15) is 0 Å². The van der Waals surface area contributed by atoms with Gasteiger partial charge in [0.15, 0.2) is 0 Å². The van der Waals surface area contributed by atoms with Crippen molar-refractivity contribution in [3.8, 4) is 5.69 Å². The highest BCUT2D eigenvalue weighted by Crippen LogP contribution is 2.14. The fraction of sp³-hybridized carbons (Fsp3) is 0.111. The van der Waals surface area contributed by atoms with Crippen molar-refractivity contribution >= 4 is 17.7 Å². The molecule has 0 radical (unpaired) electrons. The Morgan fingerprint density at radius 1 is 1.19 bits per heavy atom. The molecular formula is C18H17N5O3. The van der Waals surface area contributed by atoms with Crippen LogP contribution in [0.3, 0.4) is 0 Å². The van der Waals surface area contributed by atoms with Crippen molar-refractivity contribution in [2.75, 3.05) is 5.32 Å². The smallest absolute Gasteiger partial charge is 0.322 e. The van der Waals surface area contributed by atoms with Gasteiger partial charge in [0.05, 0.1) is 11.3 Å². The van der Waals surface area contributed by atoms with Gasteiger partial charge in [-0.25, -0.2) is 9.48 Å². The maximum Gasteiger partial charge on any atom is 0.330 e. The molecule has 1 aromatic carbocycles. The lowest BCUT2D eigenvalue weighted by molar-refractivity contribution is -0.111. The summed E-state index contributed by atoms with van der Waals surface area (Å²) in [6.07, 6.45) is 7.50. The molecule has 2 heterocycles. The van der Waals surface area contributed by atoms with E-state index in [9.17, 15) is 14.4 Å². The van der Waals surface area contributed by atoms with E-state index in [1.807, 2.05) is 12.1 Å². The summed E-state index contributed by atoms with van der Waals surface area (Å²) in [4.78, 5) is 35.8. The molecule has 0 fully saturated rings. The number of benzene rings is 1.